The summed E-state index contributed by atoms with van der Waals surface area (Å²) in [6, 6.07) is 54.8. The molecule has 0 bridgehead atoms. The Labute approximate surface area is 403 Å². The van der Waals surface area contributed by atoms with Crippen LogP contribution in [0.2, 0.25) is 0 Å². The number of phosphoric acid groups is 3. The van der Waals surface area contributed by atoms with E-state index in [0.29, 0.717) is 33.4 Å². The number of hydrogen-bond acceptors (Lipinski definition) is 14. The number of ether oxygens (including phenoxy) is 2. The van der Waals surface area contributed by atoms with Crippen LogP contribution in [0.15, 0.2) is 182 Å². The number of rotatable bonds is 24. The highest BCUT2D eigenvalue weighted by molar-refractivity contribution is 7.49. The van der Waals surface area contributed by atoms with Crippen molar-refractivity contribution in [3.63, 3.8) is 0 Å². The molecule has 1 saturated heterocycles. The van der Waals surface area contributed by atoms with Crippen LogP contribution in [-0.4, -0.2) is 36.3 Å². The Bertz CT molecular complexity index is 2490. The molecule has 0 amide bonds. The van der Waals surface area contributed by atoms with E-state index in [1.807, 2.05) is 182 Å². The van der Waals surface area contributed by atoms with Crippen LogP contribution in [0.3, 0.4) is 0 Å². The molecular weight excluding hydrogens is 941 g/mol. The minimum Gasteiger partial charge on any atom is -0.342 e. The maximum atomic E-state index is 15.4. The van der Waals surface area contributed by atoms with Crippen molar-refractivity contribution in [2.75, 3.05) is 0 Å². The van der Waals surface area contributed by atoms with E-state index in [-0.39, 0.29) is 39.6 Å². The largest absolute Gasteiger partial charge is 0.475 e. The van der Waals surface area contributed by atoms with Crippen molar-refractivity contribution in [3.05, 3.63) is 215 Å². The standard InChI is InChI=1S/C52H57O14P3/c1-40-47(64-67(53,56-34-41-22-10-4-11-23-41)57-35-42-24-12-5-13-25-42)49-50(63-52(2,3)62-49)51(66-69(55,60-38-45-30-18-8-19-31-45)61-39-46-32-20-9-21-33-46)48(40)65-68(54,58-36-43-26-14-6-15-27-43)59-37-44-28-16-7-17-29-44/h4-33,40,47-51H,34-39H2,1-3H3/t40-,47-,48+,49-,50-,51-/m0/s1. The van der Waals surface area contributed by atoms with E-state index in [2.05, 4.69) is 0 Å². The lowest BCUT2D eigenvalue weighted by atomic mass is 9.79. The summed E-state index contributed by atoms with van der Waals surface area (Å²) in [5.41, 5.74) is 4.18. The number of hydrogen-bond donors (Lipinski definition) is 0. The molecule has 2 fully saturated rings. The zero-order valence-electron chi connectivity index (χ0n) is 38.6. The van der Waals surface area contributed by atoms with Gasteiger partial charge < -0.3 is 9.47 Å². The maximum absolute atomic E-state index is 15.4. The molecule has 0 spiro atoms. The summed E-state index contributed by atoms with van der Waals surface area (Å²) in [4.78, 5) is 0. The predicted molar refractivity (Wildman–Crippen MR) is 258 cm³/mol. The van der Waals surface area contributed by atoms with Gasteiger partial charge in [-0.2, -0.15) is 0 Å². The van der Waals surface area contributed by atoms with Gasteiger partial charge in [-0.3, -0.25) is 40.7 Å². The Morgan fingerprint density at radius 2 is 0.580 bits per heavy atom. The fraction of sp³-hybridized carbons (Fsp3) is 0.308. The zero-order chi connectivity index (χ0) is 48.2. The molecule has 14 nitrogen and oxygen atoms in total. The smallest absolute Gasteiger partial charge is 0.342 e. The lowest BCUT2D eigenvalue weighted by molar-refractivity contribution is -0.160. The quantitative estimate of drug-likeness (QED) is 0.0528. The third kappa shape index (κ3) is 14.6. The first kappa shape index (κ1) is 50.9. The van der Waals surface area contributed by atoms with Gasteiger partial charge in [-0.05, 0) is 47.2 Å². The van der Waals surface area contributed by atoms with E-state index < -0.39 is 65.7 Å². The number of fused-ring (bicyclic) bond motifs is 1. The van der Waals surface area contributed by atoms with Crippen LogP contribution in [0.5, 0.6) is 0 Å². The van der Waals surface area contributed by atoms with Crippen molar-refractivity contribution >= 4 is 23.5 Å². The van der Waals surface area contributed by atoms with Crippen molar-refractivity contribution in [3.8, 4) is 0 Å². The predicted octanol–water partition coefficient (Wildman–Crippen LogP) is 12.9. The summed E-state index contributed by atoms with van der Waals surface area (Å²) in [5.74, 6) is -2.34. The molecule has 1 saturated carbocycles. The van der Waals surface area contributed by atoms with Crippen molar-refractivity contribution in [1.29, 1.82) is 0 Å². The molecule has 6 aromatic carbocycles. The highest BCUT2D eigenvalue weighted by Crippen LogP contribution is 2.62. The molecule has 0 aromatic heterocycles. The summed E-state index contributed by atoms with van der Waals surface area (Å²) >= 11 is 0. The van der Waals surface area contributed by atoms with Crippen molar-refractivity contribution < 1.29 is 63.9 Å². The van der Waals surface area contributed by atoms with Crippen molar-refractivity contribution in [2.45, 2.75) is 96.7 Å². The van der Waals surface area contributed by atoms with E-state index in [0.717, 1.165) is 0 Å². The first-order valence-electron chi connectivity index (χ1n) is 22.7. The van der Waals surface area contributed by atoms with Gasteiger partial charge in [-0.1, -0.05) is 189 Å². The van der Waals surface area contributed by atoms with E-state index in [4.69, 9.17) is 50.2 Å². The van der Waals surface area contributed by atoms with Gasteiger partial charge in [0.15, 0.2) is 5.79 Å². The van der Waals surface area contributed by atoms with Gasteiger partial charge in [0, 0.05) is 5.92 Å². The monoisotopic (exact) mass is 998 g/mol. The normalized spacial score (nSPS) is 21.4. The Hall–Kier alpha value is -4.43. The van der Waals surface area contributed by atoms with Crippen LogP contribution in [0.4, 0.5) is 0 Å². The molecular formula is C52H57O14P3. The van der Waals surface area contributed by atoms with Crippen LogP contribution in [0.25, 0.3) is 0 Å². The molecule has 17 heteroatoms. The summed E-state index contributed by atoms with van der Waals surface area (Å²) < 4.78 is 116. The highest BCUT2D eigenvalue weighted by Gasteiger charge is 2.63. The van der Waals surface area contributed by atoms with Crippen LogP contribution in [0.1, 0.15) is 54.2 Å². The van der Waals surface area contributed by atoms with E-state index in [9.17, 15) is 0 Å². The third-order valence-corrected chi connectivity index (χ3v) is 15.5. The first-order chi connectivity index (χ1) is 33.4. The Kier molecular flexibility index (Phi) is 17.5. The molecule has 2 aliphatic rings. The minimum absolute atomic E-state index is 0.132. The Morgan fingerprint density at radius 1 is 0.362 bits per heavy atom. The van der Waals surface area contributed by atoms with Gasteiger partial charge in [0.25, 0.3) is 0 Å². The fourth-order valence-corrected chi connectivity index (χ4v) is 12.0. The number of phosphoric ester groups is 3. The minimum atomic E-state index is -4.67. The lowest BCUT2D eigenvalue weighted by Crippen LogP contribution is -2.60. The molecule has 1 aliphatic heterocycles. The average molecular weight is 999 g/mol. The summed E-state index contributed by atoms with van der Waals surface area (Å²) in [7, 11) is -13.9. The van der Waals surface area contributed by atoms with E-state index >= 15 is 13.7 Å². The lowest BCUT2D eigenvalue weighted by Gasteiger charge is -2.46. The van der Waals surface area contributed by atoms with E-state index in [1.165, 1.54) is 0 Å². The van der Waals surface area contributed by atoms with Gasteiger partial charge in [-0.25, -0.2) is 13.7 Å². The van der Waals surface area contributed by atoms with Gasteiger partial charge in [0.1, 0.15) is 30.5 Å². The first-order valence-corrected chi connectivity index (χ1v) is 27.1. The van der Waals surface area contributed by atoms with Crippen LogP contribution in [0, 0.1) is 5.92 Å². The molecule has 69 heavy (non-hydrogen) atoms. The van der Waals surface area contributed by atoms with Gasteiger partial charge in [0.2, 0.25) is 0 Å². The summed E-state index contributed by atoms with van der Waals surface area (Å²) in [6.45, 7) is 4.14. The second-order valence-electron chi connectivity index (χ2n) is 17.0. The Balaban J connectivity index is 1.18. The fourth-order valence-electron chi connectivity index (χ4n) is 7.84. The molecule has 1 aliphatic carbocycles. The van der Waals surface area contributed by atoms with E-state index in [1.54, 1.807) is 20.8 Å². The summed E-state index contributed by atoms with van der Waals surface area (Å²) in [5, 5.41) is 0. The number of benzene rings is 6. The molecule has 1 heterocycles. The summed E-state index contributed by atoms with van der Waals surface area (Å²) in [6.07, 6.45) is -6.48. The molecule has 0 N–H and O–H groups in total. The SMILES string of the molecule is C[C@@H]1[C@@H](OP(=O)(OCc2ccccc2)OCc2ccccc2)[C@H](OP(=O)(OCc2ccccc2)OCc2ccccc2)[C@H]2OC(C)(C)O[C@H]2[C@H]1OP(=O)(OCc1ccccc1)OCc1ccccc1. The van der Waals surface area contributed by atoms with Crippen LogP contribution in [-0.2, 0) is 104 Å². The zero-order valence-corrected chi connectivity index (χ0v) is 41.3. The van der Waals surface area contributed by atoms with Crippen molar-refractivity contribution in [1.82, 2.24) is 0 Å². The molecule has 6 aromatic rings. The Morgan fingerprint density at radius 3 is 0.841 bits per heavy atom. The van der Waals surface area contributed by atoms with Gasteiger partial charge >= 0.3 is 23.5 Å². The molecule has 8 rings (SSSR count). The highest BCUT2D eigenvalue weighted by atomic mass is 31.2. The van der Waals surface area contributed by atoms with Crippen LogP contribution >= 0.6 is 23.5 Å². The average Bonchev–Trinajstić information content (AvgIpc) is 3.72. The molecule has 0 unspecified atom stereocenters. The maximum Gasteiger partial charge on any atom is 0.475 e. The van der Waals surface area contributed by atoms with Gasteiger partial charge in [0.05, 0.1) is 39.6 Å². The van der Waals surface area contributed by atoms with Gasteiger partial charge in [-0.15, -0.1) is 0 Å². The molecule has 0 radical (unpaired) electrons. The third-order valence-electron chi connectivity index (χ3n) is 11.3. The topological polar surface area (TPSA) is 153 Å². The second kappa shape index (κ2) is 23.7. The molecule has 6 atom stereocenters. The van der Waals surface area contributed by atoms with Crippen LogP contribution < -0.4 is 0 Å². The second-order valence-corrected chi connectivity index (χ2v) is 21.9. The molecule has 364 valence electrons. The van der Waals surface area contributed by atoms with Crippen molar-refractivity contribution in [2.24, 2.45) is 5.92 Å².